The van der Waals surface area contributed by atoms with Gasteiger partial charge in [-0.15, -0.1) is 0 Å². The summed E-state index contributed by atoms with van der Waals surface area (Å²) in [5.74, 6) is 2.98. The molecule has 0 radical (unpaired) electrons. The Morgan fingerprint density at radius 1 is 1.06 bits per heavy atom. The molecule has 0 N–H and O–H groups in total. The van der Waals surface area contributed by atoms with Crippen LogP contribution in [0.4, 0.5) is 0 Å². The lowest BCUT2D eigenvalue weighted by Gasteiger charge is -2.42. The second-order valence-corrected chi connectivity index (χ2v) is 5.57. The molecular formula is C15H21N. The van der Waals surface area contributed by atoms with Crippen molar-refractivity contribution in [1.29, 1.82) is 0 Å². The molecule has 3 rings (SSSR count). The van der Waals surface area contributed by atoms with Crippen molar-refractivity contribution in [2.45, 2.75) is 44.9 Å². The van der Waals surface area contributed by atoms with Gasteiger partial charge in [-0.3, -0.25) is 4.98 Å². The van der Waals surface area contributed by atoms with Crippen molar-refractivity contribution in [2.75, 3.05) is 0 Å². The summed E-state index contributed by atoms with van der Waals surface area (Å²) in [6, 6.07) is 6.34. The number of pyridine rings is 1. The second-order valence-electron chi connectivity index (χ2n) is 5.57. The Bertz CT molecular complexity index is 311. The molecule has 2 saturated carbocycles. The van der Waals surface area contributed by atoms with E-state index in [1.165, 1.54) is 50.6 Å². The summed E-state index contributed by atoms with van der Waals surface area (Å²) in [6.07, 6.45) is 12.0. The maximum Gasteiger partial charge on any atom is 0.0406 e. The van der Waals surface area contributed by atoms with Crippen LogP contribution >= 0.6 is 0 Å². The largest absolute Gasteiger partial charge is 0.261 e. The molecule has 0 spiro atoms. The van der Waals surface area contributed by atoms with Crippen LogP contribution in [0, 0.1) is 17.8 Å². The van der Waals surface area contributed by atoms with Gasteiger partial charge in [0.25, 0.3) is 0 Å². The summed E-state index contributed by atoms with van der Waals surface area (Å²) < 4.78 is 0. The molecule has 1 heterocycles. The lowest BCUT2D eigenvalue weighted by atomic mass is 9.63. The van der Waals surface area contributed by atoms with Crippen molar-refractivity contribution >= 4 is 0 Å². The monoisotopic (exact) mass is 215 g/mol. The molecule has 1 aromatic rings. The van der Waals surface area contributed by atoms with Gasteiger partial charge in [0, 0.05) is 11.9 Å². The van der Waals surface area contributed by atoms with E-state index in [1.807, 2.05) is 12.3 Å². The highest BCUT2D eigenvalue weighted by Gasteiger charge is 2.35. The number of hydrogen-bond acceptors (Lipinski definition) is 1. The minimum Gasteiger partial charge on any atom is -0.261 e. The van der Waals surface area contributed by atoms with E-state index in [-0.39, 0.29) is 0 Å². The standard InChI is InChI=1S/C15H21N/c1-2-10-16-14(9-1)11-15(12-5-3-6-12)13-7-4-8-13/h1-2,9-10,12-13,15H,3-8,11H2. The molecule has 0 amide bonds. The van der Waals surface area contributed by atoms with Gasteiger partial charge in [-0.05, 0) is 36.3 Å². The van der Waals surface area contributed by atoms with Gasteiger partial charge in [0.1, 0.15) is 0 Å². The summed E-state index contributed by atoms with van der Waals surface area (Å²) in [6.45, 7) is 0. The summed E-state index contributed by atoms with van der Waals surface area (Å²) in [4.78, 5) is 4.50. The first-order valence-corrected chi connectivity index (χ1v) is 6.83. The van der Waals surface area contributed by atoms with Crippen LogP contribution in [-0.2, 0) is 6.42 Å². The van der Waals surface area contributed by atoms with Crippen LogP contribution in [0.25, 0.3) is 0 Å². The Kier molecular flexibility index (Phi) is 2.94. The Labute approximate surface area is 98.3 Å². The first-order chi connectivity index (χ1) is 7.93. The van der Waals surface area contributed by atoms with E-state index in [9.17, 15) is 0 Å². The van der Waals surface area contributed by atoms with Crippen molar-refractivity contribution in [2.24, 2.45) is 17.8 Å². The Hall–Kier alpha value is -0.850. The fourth-order valence-corrected chi connectivity index (χ4v) is 3.21. The summed E-state index contributed by atoms with van der Waals surface area (Å²) in [5, 5.41) is 0. The van der Waals surface area contributed by atoms with Crippen molar-refractivity contribution < 1.29 is 0 Å². The zero-order valence-corrected chi connectivity index (χ0v) is 9.94. The van der Waals surface area contributed by atoms with Crippen LogP contribution in [-0.4, -0.2) is 4.98 Å². The summed E-state index contributed by atoms with van der Waals surface area (Å²) >= 11 is 0. The van der Waals surface area contributed by atoms with Crippen molar-refractivity contribution in [3.05, 3.63) is 30.1 Å². The SMILES string of the molecule is c1ccc(CC(C2CCC2)C2CCC2)nc1. The first kappa shape index (κ1) is 10.3. The highest BCUT2D eigenvalue weighted by molar-refractivity contribution is 5.06. The van der Waals surface area contributed by atoms with Crippen LogP contribution in [0.2, 0.25) is 0 Å². The molecule has 1 heteroatoms. The van der Waals surface area contributed by atoms with Gasteiger partial charge in [0.2, 0.25) is 0 Å². The Morgan fingerprint density at radius 3 is 2.19 bits per heavy atom. The van der Waals surface area contributed by atoms with E-state index >= 15 is 0 Å². The molecule has 2 aliphatic carbocycles. The predicted molar refractivity (Wildman–Crippen MR) is 66.1 cm³/mol. The van der Waals surface area contributed by atoms with Crippen molar-refractivity contribution in [3.8, 4) is 0 Å². The molecule has 16 heavy (non-hydrogen) atoms. The average Bonchev–Trinajstić information content (AvgIpc) is 2.13. The van der Waals surface area contributed by atoms with E-state index in [4.69, 9.17) is 0 Å². The van der Waals surface area contributed by atoms with Crippen molar-refractivity contribution in [3.63, 3.8) is 0 Å². The summed E-state index contributed by atoms with van der Waals surface area (Å²) in [5.41, 5.74) is 1.31. The molecule has 1 aromatic heterocycles. The maximum absolute atomic E-state index is 4.50. The van der Waals surface area contributed by atoms with E-state index in [2.05, 4.69) is 17.1 Å². The third kappa shape index (κ3) is 2.00. The van der Waals surface area contributed by atoms with E-state index in [0.717, 1.165) is 17.8 Å². The van der Waals surface area contributed by atoms with Crippen LogP contribution in [0.1, 0.15) is 44.2 Å². The van der Waals surface area contributed by atoms with Gasteiger partial charge < -0.3 is 0 Å². The van der Waals surface area contributed by atoms with Crippen LogP contribution in [0.15, 0.2) is 24.4 Å². The molecule has 0 aromatic carbocycles. The number of rotatable bonds is 4. The highest BCUT2D eigenvalue weighted by Crippen LogP contribution is 2.45. The molecule has 0 atom stereocenters. The minimum absolute atomic E-state index is 0.942. The van der Waals surface area contributed by atoms with Gasteiger partial charge in [0.05, 0.1) is 0 Å². The van der Waals surface area contributed by atoms with Crippen LogP contribution in [0.5, 0.6) is 0 Å². The van der Waals surface area contributed by atoms with Crippen LogP contribution < -0.4 is 0 Å². The zero-order valence-electron chi connectivity index (χ0n) is 9.94. The van der Waals surface area contributed by atoms with Gasteiger partial charge in [-0.1, -0.05) is 44.6 Å². The minimum atomic E-state index is 0.942. The molecule has 0 bridgehead atoms. The molecule has 0 saturated heterocycles. The fraction of sp³-hybridized carbons (Fsp3) is 0.667. The first-order valence-electron chi connectivity index (χ1n) is 6.83. The predicted octanol–water partition coefficient (Wildman–Crippen LogP) is 3.84. The molecule has 0 aliphatic heterocycles. The molecule has 2 aliphatic rings. The van der Waals surface area contributed by atoms with Gasteiger partial charge in [-0.2, -0.15) is 0 Å². The van der Waals surface area contributed by atoms with Crippen LogP contribution in [0.3, 0.4) is 0 Å². The van der Waals surface area contributed by atoms with E-state index in [0.29, 0.717) is 0 Å². The third-order valence-electron chi connectivity index (χ3n) is 4.68. The summed E-state index contributed by atoms with van der Waals surface area (Å²) in [7, 11) is 0. The zero-order chi connectivity index (χ0) is 10.8. The van der Waals surface area contributed by atoms with Gasteiger partial charge >= 0.3 is 0 Å². The topological polar surface area (TPSA) is 12.9 Å². The van der Waals surface area contributed by atoms with Gasteiger partial charge in [-0.25, -0.2) is 0 Å². The Morgan fingerprint density at radius 2 is 1.75 bits per heavy atom. The highest BCUT2D eigenvalue weighted by atomic mass is 14.7. The smallest absolute Gasteiger partial charge is 0.0406 e. The quantitative estimate of drug-likeness (QED) is 0.743. The lowest BCUT2D eigenvalue weighted by Crippen LogP contribution is -2.33. The molecule has 2 fully saturated rings. The van der Waals surface area contributed by atoms with Crippen molar-refractivity contribution in [1.82, 2.24) is 4.98 Å². The average molecular weight is 215 g/mol. The number of nitrogens with zero attached hydrogens (tertiary/aromatic N) is 1. The van der Waals surface area contributed by atoms with E-state index < -0.39 is 0 Å². The second kappa shape index (κ2) is 4.57. The molecule has 0 unspecified atom stereocenters. The molecule has 1 nitrogen and oxygen atoms in total. The Balaban J connectivity index is 1.68. The molecule has 86 valence electrons. The lowest BCUT2D eigenvalue weighted by molar-refractivity contribution is 0.0921. The van der Waals surface area contributed by atoms with Gasteiger partial charge in [0.15, 0.2) is 0 Å². The molecular weight excluding hydrogens is 194 g/mol. The van der Waals surface area contributed by atoms with E-state index in [1.54, 1.807) is 0 Å². The number of aromatic nitrogens is 1. The normalized spacial score (nSPS) is 21.8. The number of hydrogen-bond donors (Lipinski definition) is 0. The third-order valence-corrected chi connectivity index (χ3v) is 4.68. The maximum atomic E-state index is 4.50. The fourth-order valence-electron chi connectivity index (χ4n) is 3.21.